The number of hydrogen-bond donors (Lipinski definition) is 2. The summed E-state index contributed by atoms with van der Waals surface area (Å²) in [6.45, 7) is 3.63. The van der Waals surface area contributed by atoms with Crippen LogP contribution in [0.25, 0.3) is 0 Å². The summed E-state index contributed by atoms with van der Waals surface area (Å²) in [6, 6.07) is 4.21. The first-order chi connectivity index (χ1) is 7.28. The minimum atomic E-state index is -3.36. The van der Waals surface area contributed by atoms with Crippen LogP contribution >= 0.6 is 0 Å². The molecule has 0 aliphatic carbocycles. The maximum Gasteiger partial charge on any atom is 0.229 e. The lowest BCUT2D eigenvalue weighted by Crippen LogP contribution is -2.13. The second kappa shape index (κ2) is 4.61. The van der Waals surface area contributed by atoms with E-state index in [1.807, 2.05) is 13.8 Å². The fourth-order valence-electron chi connectivity index (χ4n) is 1.15. The molecule has 1 aromatic carbocycles. The Labute approximate surface area is 95.1 Å². The van der Waals surface area contributed by atoms with Crippen molar-refractivity contribution in [3.63, 3.8) is 0 Å². The number of aromatic hydroxyl groups is 1. The van der Waals surface area contributed by atoms with Gasteiger partial charge in [0.2, 0.25) is 10.0 Å². The summed E-state index contributed by atoms with van der Waals surface area (Å²) in [6.07, 6.45) is 0.945. The molecule has 6 heteroatoms. The molecule has 0 amide bonds. The topological polar surface area (TPSA) is 75.6 Å². The minimum Gasteiger partial charge on any atom is -0.508 e. The first-order valence-corrected chi connectivity index (χ1v) is 6.64. The molecule has 16 heavy (non-hydrogen) atoms. The summed E-state index contributed by atoms with van der Waals surface area (Å²) in [4.78, 5) is 0. The van der Waals surface area contributed by atoms with Crippen LogP contribution < -0.4 is 9.46 Å². The Morgan fingerprint density at radius 3 is 2.50 bits per heavy atom. The predicted molar refractivity (Wildman–Crippen MR) is 62.3 cm³/mol. The Morgan fingerprint density at radius 1 is 1.38 bits per heavy atom. The molecule has 5 nitrogen and oxygen atoms in total. The van der Waals surface area contributed by atoms with E-state index in [2.05, 4.69) is 4.72 Å². The second-order valence-electron chi connectivity index (χ2n) is 3.72. The maximum absolute atomic E-state index is 11.1. The number of anilines is 1. The standard InChI is InChI=1S/C10H15NO4S/c1-7(2)15-10-6-8(12)4-5-9(10)11-16(3,13)14/h4-7,11-12H,1-3H3. The van der Waals surface area contributed by atoms with Gasteiger partial charge in [-0.15, -0.1) is 0 Å². The molecule has 0 heterocycles. The predicted octanol–water partition coefficient (Wildman–Crippen LogP) is 1.55. The van der Waals surface area contributed by atoms with Crippen LogP contribution in [0.1, 0.15) is 13.8 Å². The second-order valence-corrected chi connectivity index (χ2v) is 5.47. The van der Waals surface area contributed by atoms with Crippen LogP contribution in [0.15, 0.2) is 18.2 Å². The van der Waals surface area contributed by atoms with Crippen LogP contribution in [0, 0.1) is 0 Å². The van der Waals surface area contributed by atoms with E-state index in [9.17, 15) is 13.5 Å². The molecule has 0 fully saturated rings. The Kier molecular flexibility index (Phi) is 3.64. The maximum atomic E-state index is 11.1. The lowest BCUT2D eigenvalue weighted by atomic mass is 10.3. The summed E-state index contributed by atoms with van der Waals surface area (Å²) in [7, 11) is -3.36. The largest absolute Gasteiger partial charge is 0.508 e. The molecule has 0 unspecified atom stereocenters. The summed E-state index contributed by atoms with van der Waals surface area (Å²) in [5, 5.41) is 9.29. The highest BCUT2D eigenvalue weighted by molar-refractivity contribution is 7.92. The molecule has 0 saturated carbocycles. The zero-order valence-corrected chi connectivity index (χ0v) is 10.2. The highest BCUT2D eigenvalue weighted by Gasteiger charge is 2.10. The van der Waals surface area contributed by atoms with Gasteiger partial charge in [-0.1, -0.05) is 0 Å². The Balaban J connectivity index is 3.07. The number of hydrogen-bond acceptors (Lipinski definition) is 4. The van der Waals surface area contributed by atoms with Gasteiger partial charge in [-0.05, 0) is 26.0 Å². The van der Waals surface area contributed by atoms with E-state index < -0.39 is 10.0 Å². The average molecular weight is 245 g/mol. The molecule has 0 aliphatic heterocycles. The van der Waals surface area contributed by atoms with Gasteiger partial charge in [0.25, 0.3) is 0 Å². The van der Waals surface area contributed by atoms with Crippen molar-refractivity contribution in [3.05, 3.63) is 18.2 Å². The molecular weight excluding hydrogens is 230 g/mol. The van der Waals surface area contributed by atoms with Crippen LogP contribution in [-0.4, -0.2) is 25.9 Å². The molecule has 2 N–H and O–H groups in total. The minimum absolute atomic E-state index is 0.0229. The Bertz CT molecular complexity index is 468. The molecule has 1 aromatic rings. The number of sulfonamides is 1. The fraction of sp³-hybridized carbons (Fsp3) is 0.400. The monoisotopic (exact) mass is 245 g/mol. The Hall–Kier alpha value is -1.43. The molecule has 0 radical (unpaired) electrons. The summed E-state index contributed by atoms with van der Waals surface area (Å²) < 4.78 is 29.9. The van der Waals surface area contributed by atoms with Crippen LogP contribution in [-0.2, 0) is 10.0 Å². The van der Waals surface area contributed by atoms with Crippen LogP contribution in [0.5, 0.6) is 11.5 Å². The summed E-state index contributed by atoms with van der Waals surface area (Å²) >= 11 is 0. The van der Waals surface area contributed by atoms with E-state index in [1.165, 1.54) is 18.2 Å². The highest BCUT2D eigenvalue weighted by atomic mass is 32.2. The lowest BCUT2D eigenvalue weighted by molar-refractivity contribution is 0.243. The number of nitrogens with one attached hydrogen (secondary N) is 1. The molecule has 0 spiro atoms. The van der Waals surface area contributed by atoms with Gasteiger partial charge >= 0.3 is 0 Å². The first kappa shape index (κ1) is 12.6. The molecule has 0 bridgehead atoms. The van der Waals surface area contributed by atoms with Gasteiger partial charge in [-0.25, -0.2) is 8.42 Å². The van der Waals surface area contributed by atoms with Crippen molar-refractivity contribution in [2.45, 2.75) is 20.0 Å². The fourth-order valence-corrected chi connectivity index (χ4v) is 1.71. The average Bonchev–Trinajstić information content (AvgIpc) is 2.06. The van der Waals surface area contributed by atoms with Crippen molar-refractivity contribution in [3.8, 4) is 11.5 Å². The van der Waals surface area contributed by atoms with E-state index in [0.29, 0.717) is 11.4 Å². The summed E-state index contributed by atoms with van der Waals surface area (Å²) in [5.41, 5.74) is 0.314. The normalized spacial score (nSPS) is 11.5. The van der Waals surface area contributed by atoms with Crippen molar-refractivity contribution in [1.29, 1.82) is 0 Å². The third-order valence-corrected chi connectivity index (χ3v) is 2.21. The molecule has 0 aromatic heterocycles. The third kappa shape index (κ3) is 3.98. The van der Waals surface area contributed by atoms with Gasteiger partial charge in [0.05, 0.1) is 18.0 Å². The van der Waals surface area contributed by atoms with Crippen LogP contribution in [0.2, 0.25) is 0 Å². The number of phenolic OH excluding ortho intramolecular Hbond substituents is 1. The number of ether oxygens (including phenoxy) is 1. The van der Waals surface area contributed by atoms with Gasteiger partial charge in [-0.2, -0.15) is 0 Å². The number of rotatable bonds is 4. The molecule has 0 saturated heterocycles. The molecular formula is C10H15NO4S. The van der Waals surface area contributed by atoms with Crippen molar-refractivity contribution in [1.82, 2.24) is 0 Å². The number of phenols is 1. The van der Waals surface area contributed by atoms with Crippen molar-refractivity contribution in [2.24, 2.45) is 0 Å². The van der Waals surface area contributed by atoms with E-state index in [1.54, 1.807) is 0 Å². The van der Waals surface area contributed by atoms with Gasteiger partial charge in [0, 0.05) is 6.07 Å². The zero-order chi connectivity index (χ0) is 12.3. The van der Waals surface area contributed by atoms with Gasteiger partial charge < -0.3 is 9.84 Å². The Morgan fingerprint density at radius 2 is 2.00 bits per heavy atom. The van der Waals surface area contributed by atoms with Crippen LogP contribution in [0.4, 0.5) is 5.69 Å². The quantitative estimate of drug-likeness (QED) is 0.789. The third-order valence-electron chi connectivity index (χ3n) is 1.62. The van der Waals surface area contributed by atoms with Crippen molar-refractivity contribution < 1.29 is 18.3 Å². The zero-order valence-electron chi connectivity index (χ0n) is 9.39. The molecule has 0 atom stereocenters. The van der Waals surface area contributed by atoms with Gasteiger partial charge in [-0.3, -0.25) is 4.72 Å². The van der Waals surface area contributed by atoms with Crippen molar-refractivity contribution >= 4 is 15.7 Å². The number of benzene rings is 1. The molecule has 1 rings (SSSR count). The van der Waals surface area contributed by atoms with E-state index in [4.69, 9.17) is 4.74 Å². The highest BCUT2D eigenvalue weighted by Crippen LogP contribution is 2.30. The first-order valence-electron chi connectivity index (χ1n) is 4.75. The van der Waals surface area contributed by atoms with Gasteiger partial charge in [0.15, 0.2) is 0 Å². The smallest absolute Gasteiger partial charge is 0.229 e. The molecule has 0 aliphatic rings. The van der Waals surface area contributed by atoms with Gasteiger partial charge in [0.1, 0.15) is 11.5 Å². The summed E-state index contributed by atoms with van der Waals surface area (Å²) in [5.74, 6) is 0.329. The van der Waals surface area contributed by atoms with E-state index in [0.717, 1.165) is 6.26 Å². The van der Waals surface area contributed by atoms with Crippen LogP contribution in [0.3, 0.4) is 0 Å². The van der Waals surface area contributed by atoms with E-state index in [-0.39, 0.29) is 11.9 Å². The SMILES string of the molecule is CC(C)Oc1cc(O)ccc1NS(C)(=O)=O. The van der Waals surface area contributed by atoms with Crippen molar-refractivity contribution in [2.75, 3.05) is 11.0 Å². The lowest BCUT2D eigenvalue weighted by Gasteiger charge is -2.14. The van der Waals surface area contributed by atoms with E-state index >= 15 is 0 Å². The molecule has 90 valence electrons.